The summed E-state index contributed by atoms with van der Waals surface area (Å²) in [7, 11) is 0. The second-order valence-electron chi connectivity index (χ2n) is 7.70. The summed E-state index contributed by atoms with van der Waals surface area (Å²) in [5.41, 5.74) is 1.12. The molecule has 2 heterocycles. The zero-order valence-electron chi connectivity index (χ0n) is 18.2. The first-order valence-electron chi connectivity index (χ1n) is 10.5. The van der Waals surface area contributed by atoms with Crippen molar-refractivity contribution >= 4 is 68.7 Å². The molecular weight excluding hydrogens is 575 g/mol. The minimum absolute atomic E-state index is 0.0372. The lowest BCUT2D eigenvalue weighted by Crippen LogP contribution is -2.54. The largest absolute Gasteiger partial charge is 0.488 e. The number of barbiturate groups is 1. The molecule has 0 saturated carbocycles. The third-order valence-corrected chi connectivity index (χ3v) is 6.47. The van der Waals surface area contributed by atoms with Gasteiger partial charge in [-0.1, -0.05) is 45.2 Å². The molecule has 0 aliphatic carbocycles. The number of ether oxygens (including phenoxy) is 3. The van der Waals surface area contributed by atoms with Gasteiger partial charge in [-0.05, 0) is 48.5 Å². The Labute approximate surface area is 223 Å². The molecule has 0 unspecified atom stereocenters. The van der Waals surface area contributed by atoms with Gasteiger partial charge in [-0.2, -0.15) is 0 Å². The number of carbonyl (C=O) groups is 3. The number of benzene rings is 3. The number of imide groups is 2. The monoisotopic (exact) mass is 588 g/mol. The molecule has 5 rings (SSSR count). The van der Waals surface area contributed by atoms with Crippen molar-refractivity contribution in [3.8, 4) is 17.2 Å². The van der Waals surface area contributed by atoms with Crippen molar-refractivity contribution in [3.05, 3.63) is 85.8 Å². The van der Waals surface area contributed by atoms with Crippen LogP contribution in [-0.2, 0) is 16.2 Å². The molecule has 3 aromatic rings. The van der Waals surface area contributed by atoms with Crippen LogP contribution in [-0.4, -0.2) is 24.6 Å². The number of anilines is 1. The summed E-state index contributed by atoms with van der Waals surface area (Å²) in [6.07, 6.45) is 1.37. The Bertz CT molecular complexity index is 1460. The molecule has 1 N–H and O–H groups in total. The third kappa shape index (κ3) is 4.77. The molecule has 2 aliphatic heterocycles. The van der Waals surface area contributed by atoms with Gasteiger partial charge in [0.1, 0.15) is 17.9 Å². The maximum Gasteiger partial charge on any atom is 0.335 e. The van der Waals surface area contributed by atoms with Crippen molar-refractivity contribution in [1.29, 1.82) is 0 Å². The van der Waals surface area contributed by atoms with E-state index < -0.39 is 17.8 Å². The number of halogens is 3. The topological polar surface area (TPSA) is 94.2 Å². The summed E-state index contributed by atoms with van der Waals surface area (Å²) in [6.45, 7) is 0.158. The highest BCUT2D eigenvalue weighted by atomic mass is 79.9. The molecule has 1 fully saturated rings. The van der Waals surface area contributed by atoms with Gasteiger partial charge in [0.2, 0.25) is 6.79 Å². The Kier molecular flexibility index (Phi) is 6.61. The summed E-state index contributed by atoms with van der Waals surface area (Å²) < 4.78 is 17.3. The Hall–Kier alpha value is -3.53. The third-order valence-electron chi connectivity index (χ3n) is 5.39. The Balaban J connectivity index is 1.47. The van der Waals surface area contributed by atoms with E-state index in [1.807, 2.05) is 0 Å². The van der Waals surface area contributed by atoms with Crippen molar-refractivity contribution in [2.75, 3.05) is 11.7 Å². The average molecular weight is 590 g/mol. The van der Waals surface area contributed by atoms with Crippen molar-refractivity contribution < 1.29 is 28.6 Å². The quantitative estimate of drug-likeness (QED) is 0.302. The van der Waals surface area contributed by atoms with Crippen LogP contribution in [0.4, 0.5) is 10.5 Å². The van der Waals surface area contributed by atoms with E-state index in [1.165, 1.54) is 18.2 Å². The van der Waals surface area contributed by atoms with Gasteiger partial charge in [0.25, 0.3) is 11.8 Å². The molecule has 2 aliphatic rings. The van der Waals surface area contributed by atoms with Crippen LogP contribution in [0.1, 0.15) is 11.1 Å². The standard InChI is InChI=1S/C25H15BrCl2N2O6/c26-15-2-5-20(34-11-13-1-3-16(27)9-19(13)28)14(7-15)8-18-23(31)29-25(33)30(24(18)32)17-4-6-21-22(10-17)36-12-35-21/h1-10H,11-12H2,(H,29,31,33)/b18-8+. The molecule has 0 aromatic heterocycles. The molecular formula is C25H15BrCl2N2O6. The predicted molar refractivity (Wildman–Crippen MR) is 137 cm³/mol. The van der Waals surface area contributed by atoms with Gasteiger partial charge in [0, 0.05) is 31.7 Å². The lowest BCUT2D eigenvalue weighted by Gasteiger charge is -2.26. The summed E-state index contributed by atoms with van der Waals surface area (Å²) in [5, 5.41) is 3.15. The molecule has 0 radical (unpaired) electrons. The number of rotatable bonds is 5. The molecule has 3 aromatic carbocycles. The minimum atomic E-state index is -0.871. The zero-order valence-corrected chi connectivity index (χ0v) is 21.3. The van der Waals surface area contributed by atoms with Crippen molar-refractivity contribution in [1.82, 2.24) is 5.32 Å². The smallest absolute Gasteiger partial charge is 0.335 e. The fourth-order valence-corrected chi connectivity index (χ4v) is 4.47. The lowest BCUT2D eigenvalue weighted by atomic mass is 10.1. The molecule has 36 heavy (non-hydrogen) atoms. The summed E-state index contributed by atoms with van der Waals surface area (Å²) >= 11 is 15.6. The fraction of sp³-hybridized carbons (Fsp3) is 0.0800. The molecule has 0 bridgehead atoms. The van der Waals surface area contributed by atoms with Crippen LogP contribution >= 0.6 is 39.1 Å². The van der Waals surface area contributed by atoms with Crippen molar-refractivity contribution in [2.45, 2.75) is 6.61 Å². The van der Waals surface area contributed by atoms with E-state index in [-0.39, 0.29) is 24.7 Å². The van der Waals surface area contributed by atoms with E-state index in [0.717, 1.165) is 4.90 Å². The first kappa shape index (κ1) is 24.2. The van der Waals surface area contributed by atoms with Gasteiger partial charge < -0.3 is 14.2 Å². The van der Waals surface area contributed by atoms with E-state index in [4.69, 9.17) is 37.4 Å². The minimum Gasteiger partial charge on any atom is -0.488 e. The molecule has 0 atom stereocenters. The van der Waals surface area contributed by atoms with Crippen LogP contribution in [0.25, 0.3) is 6.08 Å². The number of nitrogens with one attached hydrogen (secondary N) is 1. The van der Waals surface area contributed by atoms with Crippen LogP contribution in [0, 0.1) is 0 Å². The van der Waals surface area contributed by atoms with Gasteiger partial charge in [-0.3, -0.25) is 14.9 Å². The van der Waals surface area contributed by atoms with Gasteiger partial charge in [-0.15, -0.1) is 0 Å². The van der Waals surface area contributed by atoms with Gasteiger partial charge in [0.05, 0.1) is 5.69 Å². The highest BCUT2D eigenvalue weighted by Crippen LogP contribution is 2.37. The second-order valence-corrected chi connectivity index (χ2v) is 9.46. The van der Waals surface area contributed by atoms with E-state index >= 15 is 0 Å². The highest BCUT2D eigenvalue weighted by Gasteiger charge is 2.37. The molecule has 11 heteroatoms. The normalized spacial score (nSPS) is 15.9. The second kappa shape index (κ2) is 9.85. The number of carbonyl (C=O) groups excluding carboxylic acids is 3. The van der Waals surface area contributed by atoms with Gasteiger partial charge in [-0.25, -0.2) is 9.69 Å². The van der Waals surface area contributed by atoms with Crippen molar-refractivity contribution in [3.63, 3.8) is 0 Å². The van der Waals surface area contributed by atoms with E-state index in [0.29, 0.717) is 42.9 Å². The van der Waals surface area contributed by atoms with Crippen LogP contribution in [0.15, 0.2) is 64.6 Å². The van der Waals surface area contributed by atoms with Crippen LogP contribution in [0.3, 0.4) is 0 Å². The summed E-state index contributed by atoms with van der Waals surface area (Å²) in [6, 6.07) is 13.9. The number of hydrogen-bond acceptors (Lipinski definition) is 6. The number of amides is 4. The van der Waals surface area contributed by atoms with Gasteiger partial charge >= 0.3 is 6.03 Å². The summed E-state index contributed by atoms with van der Waals surface area (Å²) in [4.78, 5) is 39.4. The molecule has 182 valence electrons. The lowest BCUT2D eigenvalue weighted by molar-refractivity contribution is -0.122. The first-order chi connectivity index (χ1) is 17.3. The van der Waals surface area contributed by atoms with Crippen LogP contribution in [0.2, 0.25) is 10.0 Å². The fourth-order valence-electron chi connectivity index (χ4n) is 3.63. The molecule has 0 spiro atoms. The van der Waals surface area contributed by atoms with E-state index in [2.05, 4.69) is 21.2 Å². The summed E-state index contributed by atoms with van der Waals surface area (Å²) in [5.74, 6) is -0.349. The molecule has 8 nitrogen and oxygen atoms in total. The zero-order chi connectivity index (χ0) is 25.4. The number of urea groups is 1. The maximum absolute atomic E-state index is 13.3. The maximum atomic E-state index is 13.3. The van der Waals surface area contributed by atoms with Crippen molar-refractivity contribution in [2.24, 2.45) is 0 Å². The number of nitrogens with zero attached hydrogens (tertiary/aromatic N) is 1. The highest BCUT2D eigenvalue weighted by molar-refractivity contribution is 9.10. The Morgan fingerprint density at radius 2 is 1.81 bits per heavy atom. The molecule has 4 amide bonds. The van der Waals surface area contributed by atoms with Gasteiger partial charge in [0.15, 0.2) is 11.5 Å². The van der Waals surface area contributed by atoms with Crippen LogP contribution < -0.4 is 24.4 Å². The SMILES string of the molecule is O=C1NC(=O)N(c2ccc3c(c2)OCO3)C(=O)/C1=C/c1cc(Br)ccc1OCc1ccc(Cl)cc1Cl. The van der Waals surface area contributed by atoms with E-state index in [1.54, 1.807) is 42.5 Å². The first-order valence-corrected chi connectivity index (χ1v) is 12.0. The van der Waals surface area contributed by atoms with E-state index in [9.17, 15) is 14.4 Å². The van der Waals surface area contributed by atoms with Crippen LogP contribution in [0.5, 0.6) is 17.2 Å². The average Bonchev–Trinajstić information content (AvgIpc) is 3.30. The number of fused-ring (bicyclic) bond motifs is 1. The number of hydrogen-bond donors (Lipinski definition) is 1. The Morgan fingerprint density at radius 1 is 1.00 bits per heavy atom. The Morgan fingerprint density at radius 3 is 2.61 bits per heavy atom. The predicted octanol–water partition coefficient (Wildman–Crippen LogP) is 5.73. The molecule has 1 saturated heterocycles.